The van der Waals surface area contributed by atoms with E-state index >= 15 is 0 Å². The van der Waals surface area contributed by atoms with Gasteiger partial charge < -0.3 is 5.73 Å². The van der Waals surface area contributed by atoms with Crippen LogP contribution in [0, 0.1) is 13.8 Å². The smallest absolute Gasteiger partial charge is 0.0674 e. The van der Waals surface area contributed by atoms with E-state index in [-0.39, 0.29) is 12.4 Å². The minimum absolute atomic E-state index is 0. The standard InChI is InChI=1S/C16H21N3.ClH/c1-10-16(11(2)19(3)18-10)15-6-4-5-12-9-13(17)7-8-14(12)15;/h4-6,13H,7-9,17H2,1-3H3;1H/t13-;/m0./s1. The summed E-state index contributed by atoms with van der Waals surface area (Å²) in [5, 5.41) is 4.54. The zero-order chi connectivity index (χ0) is 13.6. The highest BCUT2D eigenvalue weighted by Crippen LogP contribution is 2.34. The highest BCUT2D eigenvalue weighted by molar-refractivity contribution is 5.85. The molecule has 0 saturated carbocycles. The van der Waals surface area contributed by atoms with Gasteiger partial charge in [-0.05, 0) is 49.8 Å². The van der Waals surface area contributed by atoms with Crippen LogP contribution in [0.25, 0.3) is 11.1 Å². The van der Waals surface area contributed by atoms with Gasteiger partial charge in [-0.3, -0.25) is 4.68 Å². The first-order valence-electron chi connectivity index (χ1n) is 6.95. The summed E-state index contributed by atoms with van der Waals surface area (Å²) in [7, 11) is 2.01. The van der Waals surface area contributed by atoms with Crippen LogP contribution in [0.5, 0.6) is 0 Å². The van der Waals surface area contributed by atoms with Crippen LogP contribution in [-0.4, -0.2) is 15.8 Å². The topological polar surface area (TPSA) is 43.8 Å². The van der Waals surface area contributed by atoms with E-state index in [9.17, 15) is 0 Å². The number of nitrogens with two attached hydrogens (primary N) is 1. The van der Waals surface area contributed by atoms with Crippen molar-refractivity contribution in [2.45, 2.75) is 39.2 Å². The first-order valence-corrected chi connectivity index (χ1v) is 6.95. The minimum atomic E-state index is 0. The predicted octanol–water partition coefficient (Wildman–Crippen LogP) is 2.94. The molecule has 20 heavy (non-hydrogen) atoms. The SMILES string of the molecule is Cc1nn(C)c(C)c1-c1cccc2c1CC[C@H](N)C2.Cl. The second-order valence-electron chi connectivity index (χ2n) is 5.62. The third kappa shape index (κ3) is 2.36. The van der Waals surface area contributed by atoms with Crippen LogP contribution in [0.1, 0.15) is 28.9 Å². The molecule has 0 saturated heterocycles. The number of nitrogens with zero attached hydrogens (tertiary/aromatic N) is 2. The lowest BCUT2D eigenvalue weighted by Gasteiger charge is -2.24. The van der Waals surface area contributed by atoms with Gasteiger partial charge in [0, 0.05) is 24.3 Å². The average molecular weight is 292 g/mol. The molecule has 0 bridgehead atoms. The van der Waals surface area contributed by atoms with Crippen LogP contribution < -0.4 is 5.73 Å². The second-order valence-corrected chi connectivity index (χ2v) is 5.62. The Bertz CT molecular complexity index is 631. The number of benzene rings is 1. The van der Waals surface area contributed by atoms with Gasteiger partial charge in [0.25, 0.3) is 0 Å². The molecule has 2 N–H and O–H groups in total. The van der Waals surface area contributed by atoms with Gasteiger partial charge in [0.05, 0.1) is 5.69 Å². The molecule has 2 aromatic rings. The van der Waals surface area contributed by atoms with E-state index in [4.69, 9.17) is 5.73 Å². The lowest BCUT2D eigenvalue weighted by molar-refractivity contribution is 0.577. The highest BCUT2D eigenvalue weighted by atomic mass is 35.5. The fourth-order valence-corrected chi connectivity index (χ4v) is 3.23. The van der Waals surface area contributed by atoms with Gasteiger partial charge in [-0.1, -0.05) is 18.2 Å². The molecule has 4 heteroatoms. The van der Waals surface area contributed by atoms with Crippen molar-refractivity contribution in [3.05, 3.63) is 40.7 Å². The van der Waals surface area contributed by atoms with Gasteiger partial charge in [-0.25, -0.2) is 0 Å². The van der Waals surface area contributed by atoms with Crippen molar-refractivity contribution >= 4 is 12.4 Å². The molecule has 1 aromatic heterocycles. The second kappa shape index (κ2) is 5.58. The largest absolute Gasteiger partial charge is 0.327 e. The number of aromatic nitrogens is 2. The molecule has 0 amide bonds. The zero-order valence-corrected chi connectivity index (χ0v) is 13.1. The van der Waals surface area contributed by atoms with E-state index in [0.29, 0.717) is 6.04 Å². The molecule has 0 radical (unpaired) electrons. The Morgan fingerprint density at radius 1 is 1.30 bits per heavy atom. The van der Waals surface area contributed by atoms with Gasteiger partial charge in [0.2, 0.25) is 0 Å². The van der Waals surface area contributed by atoms with Crippen LogP contribution >= 0.6 is 12.4 Å². The van der Waals surface area contributed by atoms with Crippen molar-refractivity contribution < 1.29 is 0 Å². The van der Waals surface area contributed by atoms with Crippen molar-refractivity contribution in [3.8, 4) is 11.1 Å². The molecule has 1 aromatic carbocycles. The van der Waals surface area contributed by atoms with Crippen molar-refractivity contribution in [2.75, 3.05) is 0 Å². The number of aryl methyl sites for hydroxylation is 2. The molecule has 0 spiro atoms. The molecule has 0 fully saturated rings. The third-order valence-corrected chi connectivity index (χ3v) is 4.30. The number of hydrogen-bond donors (Lipinski definition) is 1. The summed E-state index contributed by atoms with van der Waals surface area (Å²) in [6.45, 7) is 4.24. The summed E-state index contributed by atoms with van der Waals surface area (Å²) in [6.07, 6.45) is 3.17. The van der Waals surface area contributed by atoms with E-state index in [1.54, 1.807) is 0 Å². The van der Waals surface area contributed by atoms with Crippen molar-refractivity contribution in [1.82, 2.24) is 9.78 Å². The minimum Gasteiger partial charge on any atom is -0.327 e. The number of halogens is 1. The molecule has 0 unspecified atom stereocenters. The fraction of sp³-hybridized carbons (Fsp3) is 0.438. The molecule has 1 atom stereocenters. The van der Waals surface area contributed by atoms with Crippen molar-refractivity contribution in [3.63, 3.8) is 0 Å². The van der Waals surface area contributed by atoms with Crippen LogP contribution in [0.3, 0.4) is 0 Å². The molecule has 0 aliphatic heterocycles. The molecule has 3 rings (SSSR count). The Labute approximate surface area is 126 Å². The van der Waals surface area contributed by atoms with Crippen LogP contribution in [0.2, 0.25) is 0 Å². The number of fused-ring (bicyclic) bond motifs is 1. The lowest BCUT2D eigenvalue weighted by atomic mass is 9.83. The van der Waals surface area contributed by atoms with Gasteiger partial charge in [-0.15, -0.1) is 12.4 Å². The Morgan fingerprint density at radius 3 is 2.70 bits per heavy atom. The molecule has 1 aliphatic rings. The van der Waals surface area contributed by atoms with Crippen LogP contribution in [-0.2, 0) is 19.9 Å². The Hall–Kier alpha value is -1.32. The van der Waals surface area contributed by atoms with Crippen molar-refractivity contribution in [1.29, 1.82) is 0 Å². The van der Waals surface area contributed by atoms with Gasteiger partial charge in [0.15, 0.2) is 0 Å². The Balaban J connectivity index is 0.00000147. The predicted molar refractivity (Wildman–Crippen MR) is 85.4 cm³/mol. The maximum absolute atomic E-state index is 6.09. The maximum atomic E-state index is 6.09. The lowest BCUT2D eigenvalue weighted by Crippen LogP contribution is -2.28. The van der Waals surface area contributed by atoms with E-state index < -0.39 is 0 Å². The van der Waals surface area contributed by atoms with Gasteiger partial charge in [0.1, 0.15) is 0 Å². The normalized spacial score (nSPS) is 17.5. The number of rotatable bonds is 1. The van der Waals surface area contributed by atoms with Crippen molar-refractivity contribution in [2.24, 2.45) is 12.8 Å². The summed E-state index contributed by atoms with van der Waals surface area (Å²) in [4.78, 5) is 0. The van der Waals surface area contributed by atoms with Gasteiger partial charge in [-0.2, -0.15) is 5.10 Å². The molecule has 3 nitrogen and oxygen atoms in total. The summed E-state index contributed by atoms with van der Waals surface area (Å²) in [5.41, 5.74) is 14.0. The first-order chi connectivity index (χ1) is 9.08. The van der Waals surface area contributed by atoms with Crippen LogP contribution in [0.4, 0.5) is 0 Å². The first kappa shape index (κ1) is 15.1. The fourth-order valence-electron chi connectivity index (χ4n) is 3.23. The molecular weight excluding hydrogens is 270 g/mol. The van der Waals surface area contributed by atoms with E-state index in [0.717, 1.165) is 25.0 Å². The average Bonchev–Trinajstić information content (AvgIpc) is 2.62. The quantitative estimate of drug-likeness (QED) is 0.878. The molecule has 108 valence electrons. The maximum Gasteiger partial charge on any atom is 0.0674 e. The zero-order valence-electron chi connectivity index (χ0n) is 12.3. The summed E-state index contributed by atoms with van der Waals surface area (Å²) >= 11 is 0. The number of hydrogen-bond acceptors (Lipinski definition) is 2. The Kier molecular flexibility index (Phi) is 4.21. The third-order valence-electron chi connectivity index (χ3n) is 4.30. The van der Waals surface area contributed by atoms with Crippen LogP contribution in [0.15, 0.2) is 18.2 Å². The molecule has 1 heterocycles. The van der Waals surface area contributed by atoms with E-state index in [1.165, 1.54) is 27.9 Å². The van der Waals surface area contributed by atoms with E-state index in [1.807, 2.05) is 11.7 Å². The Morgan fingerprint density at radius 2 is 2.05 bits per heavy atom. The highest BCUT2D eigenvalue weighted by Gasteiger charge is 2.21. The van der Waals surface area contributed by atoms with E-state index in [2.05, 4.69) is 37.1 Å². The summed E-state index contributed by atoms with van der Waals surface area (Å²) in [6, 6.07) is 6.92. The van der Waals surface area contributed by atoms with Gasteiger partial charge >= 0.3 is 0 Å². The summed E-state index contributed by atoms with van der Waals surface area (Å²) < 4.78 is 1.97. The summed E-state index contributed by atoms with van der Waals surface area (Å²) in [5.74, 6) is 0. The molecule has 1 aliphatic carbocycles. The monoisotopic (exact) mass is 291 g/mol. The molecular formula is C16H22ClN3.